The standard InChI is InChI=1S/C20H29N3O.C14H20O.C6H12N2O2.H2/c1-15(2)22-14-18(13-21)17-10-7-11-19(12-17)23(3)20(24)16-8-5-4-6-9-16;1-11-10-13(8-9-14(11)15-2)12-6-4-3-5-7-12;1-7-6(9)10-5-3-8(2)4-5;/h7,10-16H,4-6,8-9,21H2,1-3H3;8-10,12H,3-7H2,1-2H3;5H,3-4H2,1-2H3,(H,7,9);1H/b18-13+,22-14?;;;. The first-order chi connectivity index (χ1) is 23.6. The van der Waals surface area contributed by atoms with E-state index in [0.29, 0.717) is 0 Å². The number of hydrogen-bond donors (Lipinski definition) is 2. The highest BCUT2D eigenvalue weighted by Gasteiger charge is 2.26. The van der Waals surface area contributed by atoms with Crippen molar-refractivity contribution in [2.45, 2.75) is 103 Å². The minimum absolute atomic E-state index is 0. The fourth-order valence-corrected chi connectivity index (χ4v) is 6.61. The summed E-state index contributed by atoms with van der Waals surface area (Å²) in [6.45, 7) is 7.89. The number of rotatable bonds is 8. The van der Waals surface area contributed by atoms with Crippen molar-refractivity contribution in [3.63, 3.8) is 0 Å². The van der Waals surface area contributed by atoms with Crippen LogP contribution in [0.15, 0.2) is 53.7 Å². The van der Waals surface area contributed by atoms with Gasteiger partial charge in [0.1, 0.15) is 11.9 Å². The lowest BCUT2D eigenvalue weighted by Crippen LogP contribution is -2.51. The summed E-state index contributed by atoms with van der Waals surface area (Å²) >= 11 is 0. The summed E-state index contributed by atoms with van der Waals surface area (Å²) in [7, 11) is 7.15. The number of ether oxygens (including phenoxy) is 2. The van der Waals surface area contributed by atoms with Gasteiger partial charge in [-0.05, 0) is 94.3 Å². The quantitative estimate of drug-likeness (QED) is 0.275. The molecule has 2 amide bonds. The van der Waals surface area contributed by atoms with E-state index in [1.807, 2.05) is 52.2 Å². The summed E-state index contributed by atoms with van der Waals surface area (Å²) in [5, 5.41) is 2.40. The molecule has 2 aromatic carbocycles. The first-order valence-electron chi connectivity index (χ1n) is 18.1. The molecule has 0 spiro atoms. The van der Waals surface area contributed by atoms with E-state index in [0.717, 1.165) is 67.3 Å². The number of allylic oxidation sites excluding steroid dienone is 1. The van der Waals surface area contributed by atoms with Crippen molar-refractivity contribution in [3.05, 3.63) is 65.4 Å². The number of anilines is 1. The first kappa shape index (κ1) is 39.6. The number of likely N-dealkylation sites (N-methyl/N-ethyl adjacent to an activating group) is 1. The van der Waals surface area contributed by atoms with Crippen molar-refractivity contribution in [2.75, 3.05) is 46.2 Å². The van der Waals surface area contributed by atoms with Crippen LogP contribution in [-0.4, -0.2) is 76.6 Å². The Bertz CT molecular complexity index is 1380. The van der Waals surface area contributed by atoms with Crippen LogP contribution in [0.4, 0.5) is 10.5 Å². The number of alkyl carbamates (subject to hydrolysis) is 1. The van der Waals surface area contributed by atoms with Crippen LogP contribution in [-0.2, 0) is 9.53 Å². The average Bonchev–Trinajstić information content (AvgIpc) is 3.11. The summed E-state index contributed by atoms with van der Waals surface area (Å²) < 4.78 is 10.2. The number of nitrogens with one attached hydrogen (secondary N) is 1. The lowest BCUT2D eigenvalue weighted by atomic mass is 9.83. The fourth-order valence-electron chi connectivity index (χ4n) is 6.61. The van der Waals surface area contributed by atoms with Crippen LogP contribution in [0.25, 0.3) is 5.57 Å². The molecule has 2 aliphatic carbocycles. The molecule has 2 aromatic rings. The van der Waals surface area contributed by atoms with Crippen LogP contribution >= 0.6 is 0 Å². The zero-order chi connectivity index (χ0) is 35.8. The predicted molar refractivity (Wildman–Crippen MR) is 205 cm³/mol. The van der Waals surface area contributed by atoms with Gasteiger partial charge in [-0.3, -0.25) is 14.7 Å². The molecule has 3 fully saturated rings. The molecule has 1 heterocycles. The molecule has 49 heavy (non-hydrogen) atoms. The second-order valence-corrected chi connectivity index (χ2v) is 13.8. The highest BCUT2D eigenvalue weighted by atomic mass is 16.6. The predicted octanol–water partition coefficient (Wildman–Crippen LogP) is 7.96. The highest BCUT2D eigenvalue weighted by Crippen LogP contribution is 2.34. The zero-order valence-corrected chi connectivity index (χ0v) is 31.0. The van der Waals surface area contributed by atoms with Gasteiger partial charge in [-0.1, -0.05) is 62.8 Å². The molecule has 9 nitrogen and oxygen atoms in total. The van der Waals surface area contributed by atoms with Gasteiger partial charge in [0.15, 0.2) is 0 Å². The summed E-state index contributed by atoms with van der Waals surface area (Å²) in [5.74, 6) is 2.19. The third kappa shape index (κ3) is 12.8. The Hall–Kier alpha value is -3.85. The van der Waals surface area contributed by atoms with Gasteiger partial charge < -0.3 is 25.4 Å². The van der Waals surface area contributed by atoms with Crippen LogP contribution in [0.5, 0.6) is 5.75 Å². The van der Waals surface area contributed by atoms with Gasteiger partial charge in [0, 0.05) is 64.2 Å². The van der Waals surface area contributed by atoms with Gasteiger partial charge in [-0.2, -0.15) is 0 Å². The lowest BCUT2D eigenvalue weighted by Gasteiger charge is -2.34. The molecule has 5 rings (SSSR count). The molecule has 0 radical (unpaired) electrons. The number of carbonyl (C=O) groups is 2. The average molecular weight is 678 g/mol. The molecule has 2 saturated carbocycles. The molecular weight excluding hydrogens is 614 g/mol. The van der Waals surface area contributed by atoms with E-state index in [4.69, 9.17) is 15.2 Å². The monoisotopic (exact) mass is 677 g/mol. The van der Waals surface area contributed by atoms with E-state index in [1.165, 1.54) is 49.7 Å². The maximum atomic E-state index is 12.7. The Morgan fingerprint density at radius 3 is 2.22 bits per heavy atom. The smallest absolute Gasteiger partial charge is 0.407 e. The first-order valence-corrected chi connectivity index (χ1v) is 18.1. The van der Waals surface area contributed by atoms with Crippen molar-refractivity contribution < 1.29 is 20.5 Å². The third-order valence-electron chi connectivity index (χ3n) is 9.55. The highest BCUT2D eigenvalue weighted by molar-refractivity contribution is 6.10. The number of nitrogens with zero attached hydrogens (tertiary/aromatic N) is 3. The van der Waals surface area contributed by atoms with E-state index in [9.17, 15) is 9.59 Å². The number of aryl methyl sites for hydroxylation is 1. The molecule has 0 bridgehead atoms. The van der Waals surface area contributed by atoms with E-state index in [-0.39, 0.29) is 31.5 Å². The largest absolute Gasteiger partial charge is 0.496 e. The number of methoxy groups -OCH3 is 1. The van der Waals surface area contributed by atoms with Crippen molar-refractivity contribution in [3.8, 4) is 5.75 Å². The van der Waals surface area contributed by atoms with Crippen LogP contribution in [0.1, 0.15) is 102 Å². The Balaban J connectivity index is 0.000000284. The van der Waals surface area contributed by atoms with E-state index >= 15 is 0 Å². The maximum Gasteiger partial charge on any atom is 0.407 e. The van der Waals surface area contributed by atoms with Crippen LogP contribution in [0.2, 0.25) is 0 Å². The number of carbonyl (C=O) groups excluding carboxylic acids is 2. The Kier molecular flexibility index (Phi) is 16.7. The minimum Gasteiger partial charge on any atom is -0.496 e. The van der Waals surface area contributed by atoms with Gasteiger partial charge in [0.05, 0.1) is 7.11 Å². The number of nitrogens with two attached hydrogens (primary N) is 1. The van der Waals surface area contributed by atoms with Gasteiger partial charge >= 0.3 is 6.09 Å². The van der Waals surface area contributed by atoms with Crippen molar-refractivity contribution in [1.82, 2.24) is 10.2 Å². The number of likely N-dealkylation sites (tertiary alicyclic amines) is 1. The van der Waals surface area contributed by atoms with Crippen molar-refractivity contribution >= 4 is 29.5 Å². The molecular formula is C40H63N5O4. The zero-order valence-electron chi connectivity index (χ0n) is 31.0. The van der Waals surface area contributed by atoms with Crippen LogP contribution in [0.3, 0.4) is 0 Å². The molecule has 1 saturated heterocycles. The van der Waals surface area contributed by atoms with Gasteiger partial charge in [0.25, 0.3) is 0 Å². The molecule has 0 aromatic heterocycles. The number of benzene rings is 2. The molecule has 3 aliphatic rings. The molecule has 0 unspecified atom stereocenters. The lowest BCUT2D eigenvalue weighted by molar-refractivity contribution is -0.123. The Morgan fingerprint density at radius 2 is 1.67 bits per heavy atom. The summed E-state index contributed by atoms with van der Waals surface area (Å²) in [5.41, 5.74) is 11.3. The summed E-state index contributed by atoms with van der Waals surface area (Å²) in [4.78, 5) is 31.6. The van der Waals surface area contributed by atoms with Gasteiger partial charge in [-0.25, -0.2) is 4.79 Å². The van der Waals surface area contributed by atoms with Gasteiger partial charge in [-0.15, -0.1) is 0 Å². The second-order valence-electron chi connectivity index (χ2n) is 13.8. The topological polar surface area (TPSA) is 109 Å². The van der Waals surface area contributed by atoms with Crippen molar-refractivity contribution in [1.29, 1.82) is 0 Å². The summed E-state index contributed by atoms with van der Waals surface area (Å²) in [6, 6.07) is 14.8. The Labute approximate surface area is 296 Å². The molecule has 3 N–H and O–H groups in total. The van der Waals surface area contributed by atoms with E-state index < -0.39 is 0 Å². The third-order valence-corrected chi connectivity index (χ3v) is 9.55. The normalized spacial score (nSPS) is 17.7. The number of amides is 2. The van der Waals surface area contributed by atoms with E-state index in [2.05, 4.69) is 40.3 Å². The summed E-state index contributed by atoms with van der Waals surface area (Å²) in [6.07, 6.45) is 15.7. The molecule has 1 aliphatic heterocycles. The molecule has 0 atom stereocenters. The van der Waals surface area contributed by atoms with Gasteiger partial charge in [0.2, 0.25) is 5.91 Å². The second kappa shape index (κ2) is 20.6. The fraction of sp³-hybridized carbons (Fsp3) is 0.575. The van der Waals surface area contributed by atoms with E-state index in [1.54, 1.807) is 31.5 Å². The molecule has 272 valence electrons. The minimum atomic E-state index is -0.335. The van der Waals surface area contributed by atoms with Crippen LogP contribution in [0, 0.1) is 12.8 Å². The van der Waals surface area contributed by atoms with Crippen molar-refractivity contribution in [2.24, 2.45) is 16.6 Å². The maximum absolute atomic E-state index is 12.7. The number of hydrogen-bond acceptors (Lipinski definition) is 7. The number of aliphatic imine (C=N–C) groups is 1. The molecule has 9 heteroatoms. The van der Waals surface area contributed by atoms with Crippen LogP contribution < -0.4 is 20.7 Å². The Morgan fingerprint density at radius 1 is 1.02 bits per heavy atom. The SMILES string of the molecule is CC(C)N=C/C(=C\N)c1cccc(N(C)C(=O)C2CCCCC2)c1.CNC(=O)OC1CN(C)C1.COc1ccc(C2CCCCC2)cc1C.[HH].